The summed E-state index contributed by atoms with van der Waals surface area (Å²) in [4.78, 5) is 4.38. The Kier molecular flexibility index (Phi) is 5.28. The number of aliphatic hydroxyl groups excluding tert-OH is 1. The van der Waals surface area contributed by atoms with Crippen molar-refractivity contribution in [3.05, 3.63) is 11.7 Å². The molecule has 1 aromatic rings. The summed E-state index contributed by atoms with van der Waals surface area (Å²) in [5.41, 5.74) is -0.520. The molecule has 18 heavy (non-hydrogen) atoms. The Balaban J connectivity index is 2.91. The van der Waals surface area contributed by atoms with Crippen molar-refractivity contribution in [2.45, 2.75) is 65.1 Å². The van der Waals surface area contributed by atoms with Gasteiger partial charge in [0.2, 0.25) is 11.7 Å². The van der Waals surface area contributed by atoms with Crippen LogP contribution in [0.5, 0.6) is 0 Å². The summed E-state index contributed by atoms with van der Waals surface area (Å²) in [6.07, 6.45) is 0.971. The van der Waals surface area contributed by atoms with E-state index in [4.69, 9.17) is 9.26 Å². The average Bonchev–Trinajstić information content (AvgIpc) is 2.87. The first kappa shape index (κ1) is 15.1. The molecule has 1 aromatic heterocycles. The molecule has 0 aliphatic heterocycles. The third-order valence-electron chi connectivity index (χ3n) is 3.44. The molecule has 0 radical (unpaired) electrons. The van der Waals surface area contributed by atoms with Gasteiger partial charge in [-0.05, 0) is 26.7 Å². The highest BCUT2D eigenvalue weighted by Crippen LogP contribution is 2.28. The van der Waals surface area contributed by atoms with Crippen LogP contribution in [0.2, 0.25) is 0 Å². The van der Waals surface area contributed by atoms with Gasteiger partial charge in [0.1, 0.15) is 5.60 Å². The van der Waals surface area contributed by atoms with Gasteiger partial charge in [0.15, 0.2) is 0 Å². The van der Waals surface area contributed by atoms with Crippen LogP contribution >= 0.6 is 0 Å². The molecule has 5 nitrogen and oxygen atoms in total. The van der Waals surface area contributed by atoms with E-state index in [2.05, 4.69) is 10.1 Å². The van der Waals surface area contributed by atoms with Crippen LogP contribution < -0.4 is 0 Å². The molecule has 0 saturated heterocycles. The van der Waals surface area contributed by atoms with Gasteiger partial charge in [0, 0.05) is 6.61 Å². The van der Waals surface area contributed by atoms with Crippen molar-refractivity contribution in [2.24, 2.45) is 0 Å². The number of nitrogens with zero attached hydrogens (tertiary/aromatic N) is 2. The molecular weight excluding hydrogens is 232 g/mol. The number of hydrogen-bond acceptors (Lipinski definition) is 5. The standard InChI is InChI=1S/C13H24N2O3/c1-6-10(16)9(4)11-14-12(15-18-11)13(5,7-2)17-8-3/h9-10,16H,6-8H2,1-5H3. The quantitative estimate of drug-likeness (QED) is 0.812. The molecule has 1 N–H and O–H groups in total. The van der Waals surface area contributed by atoms with Crippen molar-refractivity contribution >= 4 is 0 Å². The topological polar surface area (TPSA) is 68.4 Å². The number of aromatic nitrogens is 2. The lowest BCUT2D eigenvalue weighted by atomic mass is 10.0. The lowest BCUT2D eigenvalue weighted by Gasteiger charge is -2.24. The lowest BCUT2D eigenvalue weighted by Crippen LogP contribution is -2.26. The van der Waals surface area contributed by atoms with E-state index in [-0.39, 0.29) is 5.92 Å². The number of hydrogen-bond donors (Lipinski definition) is 1. The van der Waals surface area contributed by atoms with E-state index < -0.39 is 11.7 Å². The van der Waals surface area contributed by atoms with Gasteiger partial charge in [-0.25, -0.2) is 0 Å². The van der Waals surface area contributed by atoms with E-state index in [1.165, 1.54) is 0 Å². The average molecular weight is 256 g/mol. The molecule has 0 spiro atoms. The molecule has 0 bridgehead atoms. The zero-order valence-corrected chi connectivity index (χ0v) is 11.9. The van der Waals surface area contributed by atoms with E-state index >= 15 is 0 Å². The Hall–Kier alpha value is -0.940. The van der Waals surface area contributed by atoms with E-state index in [0.717, 1.165) is 6.42 Å². The SMILES string of the molecule is CCOC(C)(CC)c1noc(C(C)C(O)CC)n1. The molecule has 0 aliphatic carbocycles. The zero-order chi connectivity index (χ0) is 13.8. The summed E-state index contributed by atoms with van der Waals surface area (Å²) in [5.74, 6) is 0.870. The highest BCUT2D eigenvalue weighted by atomic mass is 16.5. The molecule has 0 fully saturated rings. The number of ether oxygens (including phenoxy) is 1. The lowest BCUT2D eigenvalue weighted by molar-refractivity contribution is -0.0403. The first-order valence-corrected chi connectivity index (χ1v) is 6.64. The molecule has 0 aliphatic rings. The van der Waals surface area contributed by atoms with Crippen LogP contribution in [0.3, 0.4) is 0 Å². The van der Waals surface area contributed by atoms with Crippen LogP contribution in [-0.4, -0.2) is 28.0 Å². The van der Waals surface area contributed by atoms with Gasteiger partial charge < -0.3 is 14.4 Å². The highest BCUT2D eigenvalue weighted by molar-refractivity contribution is 5.02. The van der Waals surface area contributed by atoms with Crippen LogP contribution in [0.1, 0.15) is 65.1 Å². The fourth-order valence-electron chi connectivity index (χ4n) is 1.80. The molecule has 0 amide bonds. The second-order valence-electron chi connectivity index (χ2n) is 4.74. The molecule has 5 heteroatoms. The first-order chi connectivity index (χ1) is 8.48. The number of rotatable bonds is 7. The van der Waals surface area contributed by atoms with Gasteiger partial charge in [-0.3, -0.25) is 0 Å². The van der Waals surface area contributed by atoms with Gasteiger partial charge in [-0.1, -0.05) is 25.9 Å². The van der Waals surface area contributed by atoms with Gasteiger partial charge in [0.25, 0.3) is 0 Å². The van der Waals surface area contributed by atoms with Gasteiger partial charge in [0.05, 0.1) is 12.0 Å². The van der Waals surface area contributed by atoms with Crippen molar-refractivity contribution in [3.8, 4) is 0 Å². The van der Waals surface area contributed by atoms with Gasteiger partial charge in [-0.15, -0.1) is 0 Å². The largest absolute Gasteiger partial charge is 0.392 e. The molecule has 3 unspecified atom stereocenters. The van der Waals surface area contributed by atoms with Gasteiger partial charge in [-0.2, -0.15) is 4.98 Å². The molecule has 1 heterocycles. The Morgan fingerprint density at radius 3 is 2.56 bits per heavy atom. The minimum absolute atomic E-state index is 0.154. The summed E-state index contributed by atoms with van der Waals surface area (Å²) in [6.45, 7) is 10.3. The fourth-order valence-corrected chi connectivity index (χ4v) is 1.80. The third kappa shape index (κ3) is 3.09. The molecular formula is C13H24N2O3. The summed E-state index contributed by atoms with van der Waals surface area (Å²) in [6, 6.07) is 0. The van der Waals surface area contributed by atoms with Crippen LogP contribution in [-0.2, 0) is 10.3 Å². The fraction of sp³-hybridized carbons (Fsp3) is 0.846. The van der Waals surface area contributed by atoms with E-state index in [1.807, 2.05) is 34.6 Å². The maximum absolute atomic E-state index is 9.79. The monoisotopic (exact) mass is 256 g/mol. The van der Waals surface area contributed by atoms with Crippen molar-refractivity contribution in [1.82, 2.24) is 10.1 Å². The smallest absolute Gasteiger partial charge is 0.232 e. The van der Waals surface area contributed by atoms with Crippen LogP contribution in [0.15, 0.2) is 4.52 Å². The second kappa shape index (κ2) is 6.29. The normalized spacial score (nSPS) is 18.3. The van der Waals surface area contributed by atoms with Crippen molar-refractivity contribution in [1.29, 1.82) is 0 Å². The van der Waals surface area contributed by atoms with E-state index in [9.17, 15) is 5.11 Å². The molecule has 0 aromatic carbocycles. The maximum Gasteiger partial charge on any atom is 0.232 e. The third-order valence-corrected chi connectivity index (χ3v) is 3.44. The first-order valence-electron chi connectivity index (χ1n) is 6.64. The van der Waals surface area contributed by atoms with Crippen LogP contribution in [0.4, 0.5) is 0 Å². The molecule has 1 rings (SSSR count). The Bertz CT molecular complexity index is 367. The Labute approximate surface area is 109 Å². The minimum Gasteiger partial charge on any atom is -0.392 e. The summed E-state index contributed by atoms with van der Waals surface area (Å²) in [7, 11) is 0. The van der Waals surface area contributed by atoms with Crippen LogP contribution in [0.25, 0.3) is 0 Å². The summed E-state index contributed by atoms with van der Waals surface area (Å²) in [5, 5.41) is 13.8. The Morgan fingerprint density at radius 1 is 1.39 bits per heavy atom. The van der Waals surface area contributed by atoms with Crippen LogP contribution in [0, 0.1) is 0 Å². The molecule has 3 atom stereocenters. The molecule has 104 valence electrons. The second-order valence-corrected chi connectivity index (χ2v) is 4.74. The number of aliphatic hydroxyl groups is 1. The Morgan fingerprint density at radius 2 is 2.06 bits per heavy atom. The van der Waals surface area contributed by atoms with Crippen molar-refractivity contribution < 1.29 is 14.4 Å². The summed E-state index contributed by atoms with van der Waals surface area (Å²) < 4.78 is 10.9. The highest BCUT2D eigenvalue weighted by Gasteiger charge is 2.32. The van der Waals surface area contributed by atoms with E-state index in [0.29, 0.717) is 24.7 Å². The zero-order valence-electron chi connectivity index (χ0n) is 11.9. The van der Waals surface area contributed by atoms with Crippen molar-refractivity contribution in [2.75, 3.05) is 6.61 Å². The predicted octanol–water partition coefficient (Wildman–Crippen LogP) is 2.61. The maximum atomic E-state index is 9.79. The van der Waals surface area contributed by atoms with Crippen molar-refractivity contribution in [3.63, 3.8) is 0 Å². The van der Waals surface area contributed by atoms with Gasteiger partial charge >= 0.3 is 0 Å². The summed E-state index contributed by atoms with van der Waals surface area (Å²) >= 11 is 0. The minimum atomic E-state index is -0.520. The molecule has 0 saturated carbocycles. The predicted molar refractivity (Wildman–Crippen MR) is 68.3 cm³/mol. The van der Waals surface area contributed by atoms with E-state index in [1.54, 1.807) is 0 Å².